The first-order valence-electron chi connectivity index (χ1n) is 10.7. The molecule has 0 saturated heterocycles. The lowest BCUT2D eigenvalue weighted by molar-refractivity contribution is 0.0970. The van der Waals surface area contributed by atoms with Crippen LogP contribution in [0.5, 0.6) is 11.5 Å². The normalized spacial score (nSPS) is 15.1. The number of nitrogens with zero attached hydrogens (tertiary/aromatic N) is 3. The fourth-order valence-corrected chi connectivity index (χ4v) is 5.15. The van der Waals surface area contributed by atoms with E-state index in [-0.39, 0.29) is 16.8 Å². The van der Waals surface area contributed by atoms with E-state index in [1.54, 1.807) is 30.3 Å². The van der Waals surface area contributed by atoms with Crippen molar-refractivity contribution in [3.63, 3.8) is 0 Å². The van der Waals surface area contributed by atoms with Crippen LogP contribution in [0.4, 0.5) is 5.13 Å². The molecule has 1 unspecified atom stereocenters. The second kappa shape index (κ2) is 8.84. The van der Waals surface area contributed by atoms with Gasteiger partial charge in [0.1, 0.15) is 10.6 Å². The first kappa shape index (κ1) is 22.5. The number of benzene rings is 2. The molecular weight excluding hydrogens is 522 g/mol. The van der Waals surface area contributed by atoms with Crippen molar-refractivity contribution >= 4 is 49.3 Å². The standard InChI is InChI=1S/C24H20BrN3O5S/c1-4-31-17-8-6-13(10-18(17)32-5-2)20-19-21(29)15-11-14(25)7-9-16(15)33-22(19)23(30)28(20)24-27-26-12(3)34-24/h6-11,20H,4-5H2,1-3H3. The Kier molecular flexibility index (Phi) is 5.86. The maximum Gasteiger partial charge on any atom is 0.297 e. The smallest absolute Gasteiger partial charge is 0.297 e. The average molecular weight is 542 g/mol. The van der Waals surface area contributed by atoms with E-state index in [0.717, 1.165) is 4.47 Å². The number of aryl methyl sites for hydroxylation is 1. The number of halogens is 1. The molecule has 8 nitrogen and oxygen atoms in total. The fourth-order valence-electron chi connectivity index (χ4n) is 4.08. The Bertz CT molecular complexity index is 1480. The summed E-state index contributed by atoms with van der Waals surface area (Å²) in [4.78, 5) is 28.8. The Morgan fingerprint density at radius 3 is 2.53 bits per heavy atom. The average Bonchev–Trinajstić information content (AvgIpc) is 3.37. The highest BCUT2D eigenvalue weighted by molar-refractivity contribution is 9.10. The summed E-state index contributed by atoms with van der Waals surface area (Å²) in [5.41, 5.74) is 1.01. The lowest BCUT2D eigenvalue weighted by atomic mass is 9.98. The second-order valence-corrected chi connectivity index (χ2v) is 9.64. The van der Waals surface area contributed by atoms with Gasteiger partial charge in [-0.25, -0.2) is 0 Å². The van der Waals surface area contributed by atoms with Crippen molar-refractivity contribution in [3.05, 3.63) is 73.0 Å². The predicted octanol–water partition coefficient (Wildman–Crippen LogP) is 5.26. The Hall–Kier alpha value is -3.24. The molecular formula is C24H20BrN3O5S. The molecule has 0 radical (unpaired) electrons. The molecule has 0 spiro atoms. The fraction of sp³-hybridized carbons (Fsp3) is 0.250. The summed E-state index contributed by atoms with van der Waals surface area (Å²) < 4.78 is 18.2. The summed E-state index contributed by atoms with van der Waals surface area (Å²) in [5, 5.41) is 9.74. The van der Waals surface area contributed by atoms with Crippen molar-refractivity contribution in [2.24, 2.45) is 0 Å². The summed E-state index contributed by atoms with van der Waals surface area (Å²) in [7, 11) is 0. The molecule has 3 heterocycles. The van der Waals surface area contributed by atoms with E-state index in [0.29, 0.717) is 51.4 Å². The number of rotatable bonds is 6. The molecule has 0 aliphatic carbocycles. The molecule has 1 amide bonds. The van der Waals surface area contributed by atoms with Crippen molar-refractivity contribution < 1.29 is 18.7 Å². The van der Waals surface area contributed by atoms with Gasteiger partial charge < -0.3 is 13.9 Å². The van der Waals surface area contributed by atoms with E-state index in [4.69, 9.17) is 13.9 Å². The Morgan fingerprint density at radius 2 is 1.82 bits per heavy atom. The number of hydrogen-bond acceptors (Lipinski definition) is 8. The minimum atomic E-state index is -0.760. The van der Waals surface area contributed by atoms with Gasteiger partial charge in [0, 0.05) is 4.47 Å². The number of carbonyl (C=O) groups is 1. The summed E-state index contributed by atoms with van der Waals surface area (Å²) in [6, 6.07) is 9.79. The Morgan fingerprint density at radius 1 is 1.06 bits per heavy atom. The van der Waals surface area contributed by atoms with E-state index in [1.807, 2.05) is 26.8 Å². The van der Waals surface area contributed by atoms with Crippen LogP contribution in [0, 0.1) is 6.92 Å². The molecule has 0 bridgehead atoms. The van der Waals surface area contributed by atoms with Crippen LogP contribution in [-0.2, 0) is 0 Å². The van der Waals surface area contributed by atoms with Crippen molar-refractivity contribution in [1.29, 1.82) is 0 Å². The third-order valence-electron chi connectivity index (χ3n) is 5.44. The van der Waals surface area contributed by atoms with Gasteiger partial charge in [0.2, 0.25) is 10.9 Å². The number of ether oxygens (including phenoxy) is 2. The molecule has 1 atom stereocenters. The van der Waals surface area contributed by atoms with Gasteiger partial charge in [0.15, 0.2) is 16.9 Å². The first-order valence-corrected chi connectivity index (χ1v) is 12.3. The van der Waals surface area contributed by atoms with E-state index in [1.165, 1.54) is 16.2 Å². The molecule has 174 valence electrons. The van der Waals surface area contributed by atoms with Crippen LogP contribution in [-0.4, -0.2) is 29.3 Å². The molecule has 0 N–H and O–H groups in total. The topological polar surface area (TPSA) is 94.8 Å². The van der Waals surface area contributed by atoms with Gasteiger partial charge in [-0.15, -0.1) is 10.2 Å². The lowest BCUT2D eigenvalue weighted by Gasteiger charge is -2.23. The van der Waals surface area contributed by atoms with Gasteiger partial charge in [-0.05, 0) is 56.7 Å². The summed E-state index contributed by atoms with van der Waals surface area (Å²) in [6.45, 7) is 6.49. The molecule has 34 heavy (non-hydrogen) atoms. The number of aromatic nitrogens is 2. The van der Waals surface area contributed by atoms with Gasteiger partial charge in [-0.3, -0.25) is 14.5 Å². The van der Waals surface area contributed by atoms with Crippen LogP contribution in [0.2, 0.25) is 0 Å². The summed E-state index contributed by atoms with van der Waals surface area (Å²) in [6.07, 6.45) is 0. The molecule has 0 saturated carbocycles. The quantitative estimate of drug-likeness (QED) is 0.328. The number of fused-ring (bicyclic) bond motifs is 2. The van der Waals surface area contributed by atoms with Crippen molar-refractivity contribution in [3.8, 4) is 11.5 Å². The van der Waals surface area contributed by atoms with Crippen LogP contribution >= 0.6 is 27.3 Å². The van der Waals surface area contributed by atoms with Gasteiger partial charge in [0.25, 0.3) is 5.91 Å². The van der Waals surface area contributed by atoms with Crippen LogP contribution in [0.1, 0.15) is 46.6 Å². The van der Waals surface area contributed by atoms with Crippen molar-refractivity contribution in [2.75, 3.05) is 18.1 Å². The van der Waals surface area contributed by atoms with E-state index < -0.39 is 11.9 Å². The largest absolute Gasteiger partial charge is 0.490 e. The summed E-state index contributed by atoms with van der Waals surface area (Å²) in [5.74, 6) is 0.684. The molecule has 2 aromatic heterocycles. The highest BCUT2D eigenvalue weighted by atomic mass is 79.9. The molecule has 4 aromatic rings. The molecule has 0 fully saturated rings. The van der Waals surface area contributed by atoms with E-state index in [9.17, 15) is 9.59 Å². The minimum Gasteiger partial charge on any atom is -0.490 e. The molecule has 5 rings (SSSR count). The van der Waals surface area contributed by atoms with Gasteiger partial charge in [-0.2, -0.15) is 0 Å². The van der Waals surface area contributed by atoms with Crippen LogP contribution in [0.3, 0.4) is 0 Å². The number of carbonyl (C=O) groups excluding carboxylic acids is 1. The summed E-state index contributed by atoms with van der Waals surface area (Å²) >= 11 is 4.69. The lowest BCUT2D eigenvalue weighted by Crippen LogP contribution is -2.29. The van der Waals surface area contributed by atoms with E-state index >= 15 is 0 Å². The third kappa shape index (κ3) is 3.67. The van der Waals surface area contributed by atoms with Gasteiger partial charge in [-0.1, -0.05) is 33.3 Å². The Balaban J connectivity index is 1.77. The van der Waals surface area contributed by atoms with Crippen LogP contribution in [0.15, 0.2) is 50.1 Å². The monoisotopic (exact) mass is 541 g/mol. The Labute approximate surface area is 207 Å². The highest BCUT2D eigenvalue weighted by Gasteiger charge is 2.45. The molecule has 1 aliphatic heterocycles. The van der Waals surface area contributed by atoms with Crippen molar-refractivity contribution in [2.45, 2.75) is 26.8 Å². The third-order valence-corrected chi connectivity index (χ3v) is 6.77. The maximum atomic E-state index is 13.7. The molecule has 1 aliphatic rings. The molecule has 10 heteroatoms. The zero-order chi connectivity index (χ0) is 24.0. The minimum absolute atomic E-state index is 0.00419. The SMILES string of the molecule is CCOc1ccc(C2c3c(oc4ccc(Br)cc4c3=O)C(=O)N2c2nnc(C)s2)cc1OCC. The molecule has 2 aromatic carbocycles. The number of anilines is 1. The van der Waals surface area contributed by atoms with Crippen LogP contribution < -0.4 is 19.8 Å². The number of amides is 1. The predicted molar refractivity (Wildman–Crippen MR) is 132 cm³/mol. The highest BCUT2D eigenvalue weighted by Crippen LogP contribution is 2.44. The second-order valence-electron chi connectivity index (χ2n) is 7.57. The number of hydrogen-bond donors (Lipinski definition) is 0. The van der Waals surface area contributed by atoms with Crippen LogP contribution in [0.25, 0.3) is 11.0 Å². The van der Waals surface area contributed by atoms with Gasteiger partial charge in [0.05, 0.1) is 30.2 Å². The van der Waals surface area contributed by atoms with Gasteiger partial charge >= 0.3 is 0 Å². The van der Waals surface area contributed by atoms with Crippen molar-refractivity contribution in [1.82, 2.24) is 10.2 Å². The zero-order valence-electron chi connectivity index (χ0n) is 18.6. The van der Waals surface area contributed by atoms with E-state index in [2.05, 4.69) is 26.1 Å². The zero-order valence-corrected chi connectivity index (χ0v) is 21.0. The first-order chi connectivity index (χ1) is 16.4. The maximum absolute atomic E-state index is 13.7.